The van der Waals surface area contributed by atoms with Gasteiger partial charge in [0.25, 0.3) is 5.91 Å². The number of carbonyl (C=O) groups excluding carboxylic acids is 2. The molecule has 1 aliphatic heterocycles. The molecule has 1 amide bonds. The summed E-state index contributed by atoms with van der Waals surface area (Å²) in [6, 6.07) is 5.27. The van der Waals surface area contributed by atoms with Crippen molar-refractivity contribution in [3.8, 4) is 0 Å². The molecule has 1 aliphatic rings. The topological polar surface area (TPSA) is 98.0 Å². The van der Waals surface area contributed by atoms with Crippen LogP contribution in [0.15, 0.2) is 23.2 Å². The Bertz CT molecular complexity index is 1080. The van der Waals surface area contributed by atoms with Crippen molar-refractivity contribution < 1.29 is 22.7 Å². The number of rotatable bonds is 4. The maximum Gasteiger partial charge on any atom is 0.337 e. The van der Waals surface area contributed by atoms with Crippen LogP contribution in [-0.2, 0) is 26.1 Å². The first-order valence-corrected chi connectivity index (χ1v) is 11.7. The molecule has 1 aromatic heterocycles. The summed E-state index contributed by atoms with van der Waals surface area (Å²) in [5.41, 5.74) is 1.35. The second-order valence-electron chi connectivity index (χ2n) is 6.69. The van der Waals surface area contributed by atoms with E-state index in [0.717, 1.165) is 10.2 Å². The van der Waals surface area contributed by atoms with Crippen LogP contribution in [0.3, 0.4) is 0 Å². The minimum Gasteiger partial charge on any atom is -0.465 e. The van der Waals surface area contributed by atoms with Gasteiger partial charge < -0.3 is 9.30 Å². The number of ether oxygens (including phenoxy) is 1. The summed E-state index contributed by atoms with van der Waals surface area (Å²) in [4.78, 5) is 29.3. The molecule has 0 aliphatic carbocycles. The lowest BCUT2D eigenvalue weighted by molar-refractivity contribution is -0.122. The summed E-state index contributed by atoms with van der Waals surface area (Å²) < 4.78 is 32.2. The fourth-order valence-corrected chi connectivity index (χ4v) is 5.34. The summed E-state index contributed by atoms with van der Waals surface area (Å²) in [5.74, 6) is -0.917. The zero-order chi connectivity index (χ0) is 20.5. The Morgan fingerprint density at radius 2 is 1.96 bits per heavy atom. The van der Waals surface area contributed by atoms with Gasteiger partial charge >= 0.3 is 5.97 Å². The molecule has 2 heterocycles. The lowest BCUT2D eigenvalue weighted by Gasteiger charge is -2.28. The molecule has 0 radical (unpaired) electrons. The molecule has 28 heavy (non-hydrogen) atoms. The molecule has 152 valence electrons. The molecule has 10 heteroatoms. The summed E-state index contributed by atoms with van der Waals surface area (Å²) in [6.45, 7) is 3.28. The Hall–Kier alpha value is -2.04. The minimum absolute atomic E-state index is 0.227. The second kappa shape index (κ2) is 8.14. The van der Waals surface area contributed by atoms with Crippen molar-refractivity contribution in [2.75, 3.05) is 26.5 Å². The highest BCUT2D eigenvalue weighted by Gasteiger charge is 2.29. The van der Waals surface area contributed by atoms with E-state index in [9.17, 15) is 18.0 Å². The first-order valence-electron chi connectivity index (χ1n) is 9.00. The molecular formula is C18H23N3O5S2. The van der Waals surface area contributed by atoms with Crippen LogP contribution in [-0.4, -0.2) is 55.6 Å². The zero-order valence-electron chi connectivity index (χ0n) is 16.0. The van der Waals surface area contributed by atoms with Gasteiger partial charge in [0.1, 0.15) is 0 Å². The molecule has 1 fully saturated rings. The Morgan fingerprint density at radius 1 is 1.29 bits per heavy atom. The van der Waals surface area contributed by atoms with Crippen LogP contribution in [0.5, 0.6) is 0 Å². The molecule has 2 aromatic rings. The van der Waals surface area contributed by atoms with Gasteiger partial charge in [-0.2, -0.15) is 4.99 Å². The number of hydrogen-bond acceptors (Lipinski definition) is 6. The highest BCUT2D eigenvalue weighted by molar-refractivity contribution is 7.88. The van der Waals surface area contributed by atoms with Crippen LogP contribution in [0.4, 0.5) is 0 Å². The van der Waals surface area contributed by atoms with Crippen molar-refractivity contribution in [1.82, 2.24) is 8.87 Å². The van der Waals surface area contributed by atoms with Crippen LogP contribution < -0.4 is 4.80 Å². The number of amides is 1. The monoisotopic (exact) mass is 425 g/mol. The zero-order valence-corrected chi connectivity index (χ0v) is 17.7. The minimum atomic E-state index is -3.22. The van der Waals surface area contributed by atoms with Gasteiger partial charge in [0.15, 0.2) is 4.80 Å². The van der Waals surface area contributed by atoms with Gasteiger partial charge in [-0.15, -0.1) is 0 Å². The van der Waals surface area contributed by atoms with Crippen LogP contribution in [0.2, 0.25) is 0 Å². The van der Waals surface area contributed by atoms with Gasteiger partial charge in [-0.1, -0.05) is 11.3 Å². The fraction of sp³-hybridized carbons (Fsp3) is 0.500. The number of aromatic nitrogens is 1. The third-order valence-corrected chi connectivity index (χ3v) is 7.24. The molecule has 0 bridgehead atoms. The Kier molecular flexibility index (Phi) is 6.01. The maximum atomic E-state index is 12.7. The molecule has 0 N–H and O–H groups in total. The van der Waals surface area contributed by atoms with E-state index in [4.69, 9.17) is 4.74 Å². The number of fused-ring (bicyclic) bond motifs is 1. The number of thiazole rings is 1. The lowest BCUT2D eigenvalue weighted by atomic mass is 9.98. The van der Waals surface area contributed by atoms with E-state index in [1.54, 1.807) is 12.1 Å². The van der Waals surface area contributed by atoms with Crippen molar-refractivity contribution in [1.29, 1.82) is 0 Å². The molecule has 0 unspecified atom stereocenters. The van der Waals surface area contributed by atoms with Crippen molar-refractivity contribution in [3.05, 3.63) is 28.6 Å². The average molecular weight is 426 g/mol. The predicted molar refractivity (Wildman–Crippen MR) is 107 cm³/mol. The molecule has 0 saturated carbocycles. The molecule has 1 aromatic carbocycles. The van der Waals surface area contributed by atoms with Crippen LogP contribution in [0.25, 0.3) is 10.2 Å². The number of esters is 1. The standard InChI is InChI=1S/C18H23N3O5S2/c1-4-21-14-6-5-13(17(23)26-2)11-15(14)27-18(21)19-16(22)12-7-9-20(10-8-12)28(3,24)25/h5-6,11-12H,4,7-10H2,1-3H3. The van der Waals surface area contributed by atoms with Gasteiger partial charge in [-0.3, -0.25) is 4.79 Å². The summed E-state index contributed by atoms with van der Waals surface area (Å²) in [6.07, 6.45) is 2.13. The largest absolute Gasteiger partial charge is 0.465 e. The molecule has 0 atom stereocenters. The summed E-state index contributed by atoms with van der Waals surface area (Å²) >= 11 is 1.35. The Labute approximate surface area is 167 Å². The highest BCUT2D eigenvalue weighted by atomic mass is 32.2. The van der Waals surface area contributed by atoms with Crippen LogP contribution in [0, 0.1) is 5.92 Å². The lowest BCUT2D eigenvalue weighted by Crippen LogP contribution is -2.39. The summed E-state index contributed by atoms with van der Waals surface area (Å²) in [7, 11) is -1.89. The van der Waals surface area contributed by atoms with Crippen molar-refractivity contribution in [2.45, 2.75) is 26.3 Å². The quantitative estimate of drug-likeness (QED) is 0.693. The second-order valence-corrected chi connectivity index (χ2v) is 9.68. The first-order chi connectivity index (χ1) is 13.2. The smallest absolute Gasteiger partial charge is 0.337 e. The third kappa shape index (κ3) is 4.18. The molecular weight excluding hydrogens is 402 g/mol. The number of hydrogen-bond donors (Lipinski definition) is 0. The Morgan fingerprint density at radius 3 is 2.54 bits per heavy atom. The van der Waals surface area contributed by atoms with Crippen LogP contribution >= 0.6 is 11.3 Å². The van der Waals surface area contributed by atoms with E-state index < -0.39 is 16.0 Å². The number of methoxy groups -OCH3 is 1. The maximum absolute atomic E-state index is 12.7. The number of nitrogens with zero attached hydrogens (tertiary/aromatic N) is 3. The average Bonchev–Trinajstić information content (AvgIpc) is 3.02. The molecule has 3 rings (SSSR count). The Balaban J connectivity index is 1.89. The van der Waals surface area contributed by atoms with Gasteiger partial charge in [0.2, 0.25) is 10.0 Å². The number of benzene rings is 1. The van der Waals surface area contributed by atoms with Gasteiger partial charge in [0.05, 0.1) is 29.1 Å². The van der Waals surface area contributed by atoms with Gasteiger partial charge in [0, 0.05) is 25.6 Å². The van der Waals surface area contributed by atoms with E-state index in [2.05, 4.69) is 4.99 Å². The van der Waals surface area contributed by atoms with E-state index in [-0.39, 0.29) is 11.8 Å². The number of aryl methyl sites for hydroxylation is 1. The normalized spacial score (nSPS) is 17.2. The highest BCUT2D eigenvalue weighted by Crippen LogP contribution is 2.22. The number of piperidine rings is 1. The predicted octanol–water partition coefficient (Wildman–Crippen LogP) is 1.61. The SMILES string of the molecule is CCn1c(=NC(=O)C2CCN(S(C)(=O)=O)CC2)sc2cc(C(=O)OC)ccc21. The van der Waals surface area contributed by atoms with Crippen molar-refractivity contribution in [2.24, 2.45) is 10.9 Å². The third-order valence-electron chi connectivity index (χ3n) is 4.90. The first kappa shape index (κ1) is 20.7. The van der Waals surface area contributed by atoms with E-state index in [1.807, 2.05) is 17.6 Å². The van der Waals surface area contributed by atoms with Crippen LogP contribution in [0.1, 0.15) is 30.1 Å². The number of sulfonamides is 1. The molecule has 8 nitrogen and oxygen atoms in total. The van der Waals surface area contributed by atoms with E-state index >= 15 is 0 Å². The summed E-state index contributed by atoms with van der Waals surface area (Å²) in [5, 5.41) is 0. The van der Waals surface area contributed by atoms with Crippen molar-refractivity contribution >= 4 is 43.5 Å². The van der Waals surface area contributed by atoms with Gasteiger partial charge in [-0.25, -0.2) is 17.5 Å². The number of carbonyl (C=O) groups is 2. The van der Waals surface area contributed by atoms with Gasteiger partial charge in [-0.05, 0) is 38.0 Å². The van der Waals surface area contributed by atoms with Crippen molar-refractivity contribution in [3.63, 3.8) is 0 Å². The fourth-order valence-electron chi connectivity index (χ4n) is 3.33. The molecule has 1 saturated heterocycles. The van der Waals surface area contributed by atoms with E-state index in [0.29, 0.717) is 42.8 Å². The molecule has 0 spiro atoms. The van der Waals surface area contributed by atoms with E-state index in [1.165, 1.54) is 29.0 Å².